The summed E-state index contributed by atoms with van der Waals surface area (Å²) in [6.45, 7) is 4.16. The van der Waals surface area contributed by atoms with Crippen molar-refractivity contribution < 1.29 is 42.1 Å². The summed E-state index contributed by atoms with van der Waals surface area (Å²) in [5, 5.41) is 0. The van der Waals surface area contributed by atoms with Crippen molar-refractivity contribution in [3.05, 3.63) is 36.5 Å². The maximum absolute atomic E-state index is 12.7. The molecule has 1 unspecified atom stereocenters. The number of allylic oxidation sites excluding steroid dienone is 6. The van der Waals surface area contributed by atoms with Gasteiger partial charge in [0, 0.05) is 12.8 Å². The quantitative estimate of drug-likeness (QED) is 0.0198. The van der Waals surface area contributed by atoms with Crippen LogP contribution in [0.15, 0.2) is 36.5 Å². The van der Waals surface area contributed by atoms with Crippen molar-refractivity contribution in [3.63, 3.8) is 0 Å². The Morgan fingerprint density at radius 2 is 1.00 bits per heavy atom. The second-order valence-electron chi connectivity index (χ2n) is 16.1. The summed E-state index contributed by atoms with van der Waals surface area (Å²) in [5.41, 5.74) is 0. The van der Waals surface area contributed by atoms with Gasteiger partial charge < -0.3 is 27.9 Å². The summed E-state index contributed by atoms with van der Waals surface area (Å²) in [5.74, 6) is -0.855. The van der Waals surface area contributed by atoms with E-state index in [0.29, 0.717) is 23.9 Å². The Balaban J connectivity index is 4.37. The molecule has 0 N–H and O–H groups in total. The first-order chi connectivity index (χ1) is 26.5. The van der Waals surface area contributed by atoms with Crippen molar-refractivity contribution in [2.45, 2.75) is 193 Å². The Hall–Kier alpha value is -1.77. The molecule has 0 rings (SSSR count). The molecule has 0 spiro atoms. The molecule has 10 heteroatoms. The van der Waals surface area contributed by atoms with Crippen molar-refractivity contribution in [2.75, 3.05) is 47.5 Å². The van der Waals surface area contributed by atoms with E-state index in [0.717, 1.165) is 70.6 Å². The van der Waals surface area contributed by atoms with Crippen LogP contribution in [0.5, 0.6) is 0 Å². The maximum Gasteiger partial charge on any atom is 0.306 e. The smallest absolute Gasteiger partial charge is 0.306 e. The van der Waals surface area contributed by atoms with E-state index in [9.17, 15) is 19.0 Å². The van der Waals surface area contributed by atoms with E-state index in [2.05, 4.69) is 50.3 Å². The summed E-state index contributed by atoms with van der Waals surface area (Å²) < 4.78 is 33.9. The summed E-state index contributed by atoms with van der Waals surface area (Å²) in [6, 6.07) is 0. The minimum atomic E-state index is -4.63. The standard InChI is InChI=1S/C45H84NO8P/c1-6-8-10-12-14-16-18-20-22-23-24-26-28-30-32-34-36-38-45(48)54-43(42-53-55(49,50)52-40-39-46(3,4)5)41-51-44(47)37-35-33-31-29-27-25-21-19-17-15-13-11-9-7-2/h13,15,19-22,43H,6-12,14,16-18,23-42H2,1-5H3/b15-13+,21-19+,22-20+/t43-/m1/s1. The van der Waals surface area contributed by atoms with Gasteiger partial charge in [-0.2, -0.15) is 0 Å². The molecule has 0 aliphatic rings. The molecule has 0 radical (unpaired) electrons. The molecule has 0 aromatic heterocycles. The average Bonchev–Trinajstić information content (AvgIpc) is 3.13. The van der Waals surface area contributed by atoms with Gasteiger partial charge in [-0.3, -0.25) is 14.2 Å². The van der Waals surface area contributed by atoms with E-state index in [1.165, 1.54) is 77.0 Å². The van der Waals surface area contributed by atoms with Crippen molar-refractivity contribution in [3.8, 4) is 0 Å². The number of phosphoric ester groups is 1. The molecule has 322 valence electrons. The molecule has 0 heterocycles. The normalized spacial score (nSPS) is 13.9. The molecular weight excluding hydrogens is 713 g/mol. The molecule has 0 amide bonds. The third-order valence-corrected chi connectivity index (χ3v) is 10.3. The van der Waals surface area contributed by atoms with Gasteiger partial charge in [-0.15, -0.1) is 0 Å². The molecule has 0 bridgehead atoms. The van der Waals surface area contributed by atoms with Gasteiger partial charge >= 0.3 is 11.9 Å². The highest BCUT2D eigenvalue weighted by Gasteiger charge is 2.21. The zero-order chi connectivity index (χ0) is 40.7. The molecule has 0 aliphatic carbocycles. The maximum atomic E-state index is 12.7. The number of unbranched alkanes of at least 4 members (excludes halogenated alkanes) is 20. The van der Waals surface area contributed by atoms with Gasteiger partial charge in [-0.1, -0.05) is 147 Å². The molecule has 55 heavy (non-hydrogen) atoms. The first kappa shape index (κ1) is 53.2. The number of nitrogens with zero attached hydrogens (tertiary/aromatic N) is 1. The molecule has 2 atom stereocenters. The minimum absolute atomic E-state index is 0.0342. The number of likely N-dealkylation sites (N-methyl/N-ethyl adjacent to an activating group) is 1. The van der Waals surface area contributed by atoms with Gasteiger partial charge in [-0.25, -0.2) is 0 Å². The zero-order valence-corrected chi connectivity index (χ0v) is 37.0. The van der Waals surface area contributed by atoms with Crippen LogP contribution in [0.3, 0.4) is 0 Å². The van der Waals surface area contributed by atoms with Crippen LogP contribution in [0.1, 0.15) is 187 Å². The number of phosphoric acid groups is 1. The van der Waals surface area contributed by atoms with Crippen LogP contribution in [0, 0.1) is 0 Å². The van der Waals surface area contributed by atoms with E-state index in [4.69, 9.17) is 18.5 Å². The number of hydrogen-bond acceptors (Lipinski definition) is 8. The van der Waals surface area contributed by atoms with E-state index >= 15 is 0 Å². The predicted molar refractivity (Wildman–Crippen MR) is 227 cm³/mol. The van der Waals surface area contributed by atoms with Crippen LogP contribution < -0.4 is 4.89 Å². The Morgan fingerprint density at radius 1 is 0.564 bits per heavy atom. The van der Waals surface area contributed by atoms with Gasteiger partial charge in [0.05, 0.1) is 27.7 Å². The fourth-order valence-corrected chi connectivity index (χ4v) is 6.57. The SMILES string of the molecule is CCCC/C=C/C/C=C/CCCCCCCC(=O)OC[C@H](COP(=O)([O-])OCC[N+](C)(C)C)OC(=O)CCCCCCCCC/C=C/CCCCCCCC. The summed E-state index contributed by atoms with van der Waals surface area (Å²) >= 11 is 0. The minimum Gasteiger partial charge on any atom is -0.756 e. The first-order valence-corrected chi connectivity index (χ1v) is 23.7. The van der Waals surface area contributed by atoms with Crippen LogP contribution in [0.25, 0.3) is 0 Å². The Kier molecular flexibility index (Phi) is 36.6. The fraction of sp³-hybridized carbons (Fsp3) is 0.822. The fourth-order valence-electron chi connectivity index (χ4n) is 5.84. The van der Waals surface area contributed by atoms with Crippen LogP contribution in [-0.4, -0.2) is 70.0 Å². The van der Waals surface area contributed by atoms with Gasteiger partial charge in [-0.05, 0) is 64.2 Å². The summed E-state index contributed by atoms with van der Waals surface area (Å²) in [7, 11) is 1.15. The lowest BCUT2D eigenvalue weighted by atomic mass is 10.1. The van der Waals surface area contributed by atoms with Crippen LogP contribution >= 0.6 is 7.82 Å². The van der Waals surface area contributed by atoms with Crippen LogP contribution in [-0.2, 0) is 32.7 Å². The second kappa shape index (κ2) is 37.8. The van der Waals surface area contributed by atoms with Crippen LogP contribution in [0.4, 0.5) is 0 Å². The lowest BCUT2D eigenvalue weighted by Crippen LogP contribution is -2.37. The lowest BCUT2D eigenvalue weighted by Gasteiger charge is -2.28. The number of quaternary nitrogens is 1. The number of rotatable bonds is 40. The van der Waals surface area contributed by atoms with Crippen molar-refractivity contribution in [1.82, 2.24) is 0 Å². The van der Waals surface area contributed by atoms with Gasteiger partial charge in [0.1, 0.15) is 19.8 Å². The van der Waals surface area contributed by atoms with Crippen LogP contribution in [0.2, 0.25) is 0 Å². The van der Waals surface area contributed by atoms with E-state index in [1.54, 1.807) is 0 Å². The zero-order valence-electron chi connectivity index (χ0n) is 36.1. The summed E-state index contributed by atoms with van der Waals surface area (Å²) in [6.07, 6.45) is 41.6. The number of esters is 2. The highest BCUT2D eigenvalue weighted by atomic mass is 31.2. The highest BCUT2D eigenvalue weighted by Crippen LogP contribution is 2.38. The first-order valence-electron chi connectivity index (χ1n) is 22.2. The molecule has 0 aromatic carbocycles. The van der Waals surface area contributed by atoms with Gasteiger partial charge in [0.15, 0.2) is 6.10 Å². The number of carbonyl (C=O) groups is 2. The molecule has 0 fully saturated rings. The van der Waals surface area contributed by atoms with Crippen molar-refractivity contribution in [1.29, 1.82) is 0 Å². The lowest BCUT2D eigenvalue weighted by molar-refractivity contribution is -0.870. The van der Waals surface area contributed by atoms with Gasteiger partial charge in [0.25, 0.3) is 7.82 Å². The highest BCUT2D eigenvalue weighted by molar-refractivity contribution is 7.45. The molecule has 0 saturated heterocycles. The number of carbonyl (C=O) groups excluding carboxylic acids is 2. The molecule has 0 aliphatic heterocycles. The van der Waals surface area contributed by atoms with Crippen molar-refractivity contribution in [2.24, 2.45) is 0 Å². The molecule has 0 aromatic rings. The third kappa shape index (κ3) is 41.7. The predicted octanol–water partition coefficient (Wildman–Crippen LogP) is 11.9. The Labute approximate surface area is 338 Å². The Morgan fingerprint density at radius 3 is 1.51 bits per heavy atom. The number of ether oxygens (including phenoxy) is 2. The molecule has 9 nitrogen and oxygen atoms in total. The average molecular weight is 798 g/mol. The summed E-state index contributed by atoms with van der Waals surface area (Å²) in [4.78, 5) is 37.5. The van der Waals surface area contributed by atoms with E-state index in [-0.39, 0.29) is 26.1 Å². The monoisotopic (exact) mass is 798 g/mol. The third-order valence-electron chi connectivity index (χ3n) is 9.38. The topological polar surface area (TPSA) is 111 Å². The van der Waals surface area contributed by atoms with Gasteiger partial charge in [0.2, 0.25) is 0 Å². The van der Waals surface area contributed by atoms with E-state index < -0.39 is 32.5 Å². The Bertz CT molecular complexity index is 1040. The van der Waals surface area contributed by atoms with E-state index in [1.807, 2.05) is 21.1 Å². The van der Waals surface area contributed by atoms with Crippen molar-refractivity contribution >= 4 is 19.8 Å². The number of hydrogen-bond donors (Lipinski definition) is 0. The molecular formula is C45H84NO8P. The molecule has 0 saturated carbocycles. The second-order valence-corrected chi connectivity index (χ2v) is 17.5. The largest absolute Gasteiger partial charge is 0.756 e.